The Balaban J connectivity index is 2.36. The number of rotatable bonds is 2. The van der Waals surface area contributed by atoms with Crippen molar-refractivity contribution in [1.82, 2.24) is 0 Å². The molecule has 4 heteroatoms. The second-order valence-electron chi connectivity index (χ2n) is 5.71. The SMILES string of the molecule is COC(=O)C1C(C(=O)OC)C2CCC1C2(C)C. The molecule has 0 aromatic rings. The molecule has 0 aromatic heterocycles. The molecule has 4 unspecified atom stereocenters. The van der Waals surface area contributed by atoms with E-state index < -0.39 is 0 Å². The van der Waals surface area contributed by atoms with E-state index in [-0.39, 0.29) is 41.0 Å². The van der Waals surface area contributed by atoms with E-state index in [1.54, 1.807) is 0 Å². The van der Waals surface area contributed by atoms with E-state index in [1.807, 2.05) is 0 Å². The zero-order valence-electron chi connectivity index (χ0n) is 10.9. The lowest BCUT2D eigenvalue weighted by Gasteiger charge is -2.26. The van der Waals surface area contributed by atoms with Crippen LogP contribution in [-0.4, -0.2) is 26.2 Å². The first-order valence-electron chi connectivity index (χ1n) is 6.10. The molecule has 0 aromatic carbocycles. The van der Waals surface area contributed by atoms with Gasteiger partial charge in [0.25, 0.3) is 0 Å². The van der Waals surface area contributed by atoms with E-state index in [9.17, 15) is 9.59 Å². The summed E-state index contributed by atoms with van der Waals surface area (Å²) >= 11 is 0. The Hall–Kier alpha value is -1.06. The van der Waals surface area contributed by atoms with Gasteiger partial charge in [0.05, 0.1) is 26.1 Å². The van der Waals surface area contributed by atoms with Crippen LogP contribution in [0.2, 0.25) is 0 Å². The molecule has 17 heavy (non-hydrogen) atoms. The van der Waals surface area contributed by atoms with Gasteiger partial charge < -0.3 is 9.47 Å². The fourth-order valence-corrected chi connectivity index (χ4v) is 4.06. The summed E-state index contributed by atoms with van der Waals surface area (Å²) in [6.07, 6.45) is 2.01. The Labute approximate surface area is 102 Å². The van der Waals surface area contributed by atoms with E-state index in [4.69, 9.17) is 9.47 Å². The smallest absolute Gasteiger partial charge is 0.309 e. The van der Waals surface area contributed by atoms with Crippen LogP contribution in [0.25, 0.3) is 0 Å². The molecule has 0 radical (unpaired) electrons. The van der Waals surface area contributed by atoms with Gasteiger partial charge in [-0.1, -0.05) is 13.8 Å². The summed E-state index contributed by atoms with van der Waals surface area (Å²) in [5, 5.41) is 0. The number of methoxy groups -OCH3 is 2. The first-order valence-corrected chi connectivity index (χ1v) is 6.10. The predicted octanol–water partition coefficient (Wildman–Crippen LogP) is 1.63. The monoisotopic (exact) mass is 240 g/mol. The number of hydrogen-bond donors (Lipinski definition) is 0. The first kappa shape index (κ1) is 12.4. The molecule has 2 saturated carbocycles. The molecule has 2 rings (SSSR count). The van der Waals surface area contributed by atoms with Crippen LogP contribution in [0, 0.1) is 29.1 Å². The van der Waals surface area contributed by atoms with Gasteiger partial charge in [0.15, 0.2) is 0 Å². The van der Waals surface area contributed by atoms with Gasteiger partial charge in [-0.2, -0.15) is 0 Å². The van der Waals surface area contributed by atoms with E-state index in [2.05, 4.69) is 13.8 Å². The molecule has 96 valence electrons. The second-order valence-corrected chi connectivity index (χ2v) is 5.71. The van der Waals surface area contributed by atoms with Crippen molar-refractivity contribution in [2.75, 3.05) is 14.2 Å². The minimum atomic E-state index is -0.318. The van der Waals surface area contributed by atoms with Crippen molar-refractivity contribution in [2.45, 2.75) is 26.7 Å². The molecular formula is C13H20O4. The summed E-state index contributed by atoms with van der Waals surface area (Å²) in [6, 6.07) is 0. The van der Waals surface area contributed by atoms with Crippen LogP contribution >= 0.6 is 0 Å². The molecule has 0 aliphatic heterocycles. The van der Waals surface area contributed by atoms with Crippen molar-refractivity contribution in [3.05, 3.63) is 0 Å². The summed E-state index contributed by atoms with van der Waals surface area (Å²) in [5.41, 5.74) is 0.0255. The number of carbonyl (C=O) groups is 2. The first-order chi connectivity index (χ1) is 7.95. The van der Waals surface area contributed by atoms with Gasteiger partial charge >= 0.3 is 11.9 Å². The third-order valence-corrected chi connectivity index (χ3v) is 4.90. The average Bonchev–Trinajstić information content (AvgIpc) is 2.73. The van der Waals surface area contributed by atoms with Gasteiger partial charge in [-0.3, -0.25) is 9.59 Å². The second kappa shape index (κ2) is 4.00. The molecule has 2 fully saturated rings. The average molecular weight is 240 g/mol. The number of carbonyl (C=O) groups excluding carboxylic acids is 2. The third kappa shape index (κ3) is 1.57. The molecule has 2 aliphatic carbocycles. The molecule has 0 N–H and O–H groups in total. The number of esters is 2. The number of hydrogen-bond acceptors (Lipinski definition) is 4. The zero-order chi connectivity index (χ0) is 12.8. The maximum atomic E-state index is 11.9. The Morgan fingerprint density at radius 2 is 1.29 bits per heavy atom. The van der Waals surface area contributed by atoms with Gasteiger partial charge in [0, 0.05) is 0 Å². The van der Waals surface area contributed by atoms with Crippen molar-refractivity contribution in [3.8, 4) is 0 Å². The van der Waals surface area contributed by atoms with Gasteiger partial charge in [0.2, 0.25) is 0 Å². The summed E-state index contributed by atoms with van der Waals surface area (Å²) < 4.78 is 9.72. The highest BCUT2D eigenvalue weighted by Gasteiger charge is 2.64. The lowest BCUT2D eigenvalue weighted by atomic mass is 9.79. The maximum absolute atomic E-state index is 11.9. The van der Waals surface area contributed by atoms with Crippen molar-refractivity contribution in [2.24, 2.45) is 29.1 Å². The lowest BCUT2D eigenvalue weighted by Crippen LogP contribution is -2.36. The van der Waals surface area contributed by atoms with Gasteiger partial charge in [0.1, 0.15) is 0 Å². The molecule has 2 aliphatic rings. The molecule has 0 heterocycles. The maximum Gasteiger partial charge on any atom is 0.309 e. The lowest BCUT2D eigenvalue weighted by molar-refractivity contribution is -0.160. The summed E-state index contributed by atoms with van der Waals surface area (Å²) in [7, 11) is 2.77. The Kier molecular flexibility index (Phi) is 2.92. The highest BCUT2D eigenvalue weighted by Crippen LogP contribution is 2.63. The molecule has 2 bridgehead atoms. The van der Waals surface area contributed by atoms with Crippen LogP contribution in [0.3, 0.4) is 0 Å². The van der Waals surface area contributed by atoms with Crippen molar-refractivity contribution >= 4 is 11.9 Å². The van der Waals surface area contributed by atoms with E-state index in [1.165, 1.54) is 14.2 Å². The van der Waals surface area contributed by atoms with Crippen LogP contribution < -0.4 is 0 Å². The molecule has 0 amide bonds. The Bertz CT molecular complexity index is 315. The number of ether oxygens (including phenoxy) is 2. The molecular weight excluding hydrogens is 220 g/mol. The predicted molar refractivity (Wildman–Crippen MR) is 61.0 cm³/mol. The number of fused-ring (bicyclic) bond motifs is 2. The molecule has 0 saturated heterocycles. The van der Waals surface area contributed by atoms with Crippen molar-refractivity contribution in [1.29, 1.82) is 0 Å². The topological polar surface area (TPSA) is 52.6 Å². The van der Waals surface area contributed by atoms with Crippen LogP contribution in [-0.2, 0) is 19.1 Å². The van der Waals surface area contributed by atoms with E-state index in [0.717, 1.165) is 12.8 Å². The molecule has 4 nitrogen and oxygen atoms in total. The van der Waals surface area contributed by atoms with Crippen molar-refractivity contribution < 1.29 is 19.1 Å². The fourth-order valence-electron chi connectivity index (χ4n) is 4.06. The van der Waals surface area contributed by atoms with Gasteiger partial charge in [-0.25, -0.2) is 0 Å². The molecule has 0 spiro atoms. The van der Waals surface area contributed by atoms with Gasteiger partial charge in [-0.15, -0.1) is 0 Å². The quantitative estimate of drug-likeness (QED) is 0.688. The minimum Gasteiger partial charge on any atom is -0.469 e. The normalized spacial score (nSPS) is 37.9. The highest BCUT2D eigenvalue weighted by molar-refractivity contribution is 5.84. The summed E-state index contributed by atoms with van der Waals surface area (Å²) in [6.45, 7) is 4.29. The van der Waals surface area contributed by atoms with Crippen LogP contribution in [0.1, 0.15) is 26.7 Å². The fraction of sp³-hybridized carbons (Fsp3) is 0.846. The van der Waals surface area contributed by atoms with Crippen LogP contribution in [0.4, 0.5) is 0 Å². The van der Waals surface area contributed by atoms with Crippen LogP contribution in [0.5, 0.6) is 0 Å². The van der Waals surface area contributed by atoms with E-state index >= 15 is 0 Å². The largest absolute Gasteiger partial charge is 0.469 e. The van der Waals surface area contributed by atoms with Crippen molar-refractivity contribution in [3.63, 3.8) is 0 Å². The Morgan fingerprint density at radius 1 is 0.941 bits per heavy atom. The standard InChI is InChI=1S/C13H20O4/c1-13(2)7-5-6-8(13)10(12(15)17-4)9(7)11(14)16-3/h7-10H,5-6H2,1-4H3. The Morgan fingerprint density at radius 3 is 1.59 bits per heavy atom. The zero-order valence-corrected chi connectivity index (χ0v) is 10.9. The summed E-state index contributed by atoms with van der Waals surface area (Å²) in [5.74, 6) is -0.683. The minimum absolute atomic E-state index is 0.0255. The van der Waals surface area contributed by atoms with E-state index in [0.29, 0.717) is 0 Å². The molecule has 4 atom stereocenters. The third-order valence-electron chi connectivity index (χ3n) is 4.90. The summed E-state index contributed by atoms with van der Waals surface area (Å²) in [4.78, 5) is 23.8. The highest BCUT2D eigenvalue weighted by atomic mass is 16.5. The van der Waals surface area contributed by atoms with Crippen LogP contribution in [0.15, 0.2) is 0 Å². The van der Waals surface area contributed by atoms with Gasteiger partial charge in [-0.05, 0) is 30.1 Å².